The third kappa shape index (κ3) is 4.49. The maximum atomic E-state index is 12.5. The minimum absolute atomic E-state index is 0.112. The first-order valence-electron chi connectivity index (χ1n) is 8.99. The molecule has 0 aliphatic carbocycles. The Labute approximate surface area is 168 Å². The summed E-state index contributed by atoms with van der Waals surface area (Å²) in [5, 5.41) is 15.0. The number of benzene rings is 2. The summed E-state index contributed by atoms with van der Waals surface area (Å²) in [4.78, 5) is 23.0. The fourth-order valence-corrected chi connectivity index (χ4v) is 4.57. The molecule has 10 heteroatoms. The highest BCUT2D eigenvalue weighted by Gasteiger charge is 2.27. The van der Waals surface area contributed by atoms with Crippen LogP contribution in [0.2, 0.25) is 0 Å². The number of para-hydroxylation sites is 1. The number of amides is 1. The van der Waals surface area contributed by atoms with E-state index in [-0.39, 0.29) is 21.9 Å². The maximum absolute atomic E-state index is 12.5. The summed E-state index contributed by atoms with van der Waals surface area (Å²) in [6.45, 7) is 2.56. The molecule has 1 N–H and O–H groups in total. The molecule has 1 fully saturated rings. The van der Waals surface area contributed by atoms with Gasteiger partial charge in [0.25, 0.3) is 11.6 Å². The summed E-state index contributed by atoms with van der Waals surface area (Å²) < 4.78 is 26.5. The van der Waals surface area contributed by atoms with Gasteiger partial charge in [0, 0.05) is 24.7 Å². The Hall–Kier alpha value is -3.11. The van der Waals surface area contributed by atoms with E-state index in [1.54, 1.807) is 25.1 Å². The number of nitro groups is 1. The van der Waals surface area contributed by atoms with Gasteiger partial charge >= 0.3 is 0 Å². The zero-order chi connectivity index (χ0) is 21.0. The molecular weight excluding hydrogens is 396 g/mol. The molecule has 2 aromatic carbocycles. The van der Waals surface area contributed by atoms with E-state index in [1.165, 1.54) is 34.6 Å². The molecule has 152 valence electrons. The number of nitro benzene ring substituents is 1. The molecule has 0 bridgehead atoms. The smallest absolute Gasteiger partial charge is 0.267 e. The minimum Gasteiger partial charge on any atom is -0.267 e. The second-order valence-electron chi connectivity index (χ2n) is 6.55. The highest BCUT2D eigenvalue weighted by atomic mass is 32.2. The number of hydrazone groups is 1. The van der Waals surface area contributed by atoms with E-state index in [0.717, 1.165) is 12.8 Å². The van der Waals surface area contributed by atoms with Gasteiger partial charge in [0.15, 0.2) is 0 Å². The number of hydrogen-bond acceptors (Lipinski definition) is 6. The lowest BCUT2D eigenvalue weighted by Gasteiger charge is -2.15. The largest absolute Gasteiger partial charge is 0.278 e. The Morgan fingerprint density at radius 2 is 1.72 bits per heavy atom. The minimum atomic E-state index is -3.55. The zero-order valence-electron chi connectivity index (χ0n) is 15.7. The van der Waals surface area contributed by atoms with Gasteiger partial charge < -0.3 is 0 Å². The van der Waals surface area contributed by atoms with Crippen molar-refractivity contribution < 1.29 is 18.1 Å². The lowest BCUT2D eigenvalue weighted by Crippen LogP contribution is -2.28. The molecule has 1 aliphatic rings. The van der Waals surface area contributed by atoms with Gasteiger partial charge in [-0.25, -0.2) is 13.8 Å². The van der Waals surface area contributed by atoms with Gasteiger partial charge in [-0.3, -0.25) is 14.9 Å². The van der Waals surface area contributed by atoms with E-state index >= 15 is 0 Å². The SMILES string of the molecule is C/C(=N/NC(=O)c1ccc(S(=O)(=O)N2CCCC2)cc1)c1ccccc1[N+](=O)[O-]. The van der Waals surface area contributed by atoms with Crippen LogP contribution >= 0.6 is 0 Å². The van der Waals surface area contributed by atoms with Gasteiger partial charge in [0.1, 0.15) is 0 Å². The molecule has 1 amide bonds. The summed E-state index contributed by atoms with van der Waals surface area (Å²) >= 11 is 0. The van der Waals surface area contributed by atoms with Gasteiger partial charge in [0.2, 0.25) is 10.0 Å². The molecule has 0 spiro atoms. The van der Waals surface area contributed by atoms with Crippen molar-refractivity contribution in [1.29, 1.82) is 0 Å². The van der Waals surface area contributed by atoms with Crippen LogP contribution in [0.3, 0.4) is 0 Å². The number of sulfonamides is 1. The molecular formula is C19H20N4O5S. The Balaban J connectivity index is 1.73. The highest BCUT2D eigenvalue weighted by molar-refractivity contribution is 7.89. The predicted octanol–water partition coefficient (Wildman–Crippen LogP) is 2.53. The van der Waals surface area contributed by atoms with Gasteiger partial charge in [-0.1, -0.05) is 12.1 Å². The molecule has 1 aliphatic heterocycles. The van der Waals surface area contributed by atoms with Crippen molar-refractivity contribution in [3.8, 4) is 0 Å². The molecule has 0 saturated carbocycles. The first-order chi connectivity index (χ1) is 13.8. The van der Waals surface area contributed by atoms with Crippen LogP contribution in [0.25, 0.3) is 0 Å². The maximum Gasteiger partial charge on any atom is 0.278 e. The standard InChI is InChI=1S/C19H20N4O5S/c1-14(17-6-2-3-7-18(17)23(25)26)20-21-19(24)15-8-10-16(11-9-15)29(27,28)22-12-4-5-13-22/h2-3,6-11H,4-5,12-13H2,1H3,(H,21,24)/b20-14-. The summed E-state index contributed by atoms with van der Waals surface area (Å²) in [6, 6.07) is 11.7. The normalized spacial score (nSPS) is 15.3. The van der Waals surface area contributed by atoms with Crippen LogP contribution in [-0.4, -0.2) is 42.4 Å². The fraction of sp³-hybridized carbons (Fsp3) is 0.263. The number of hydrogen-bond donors (Lipinski definition) is 1. The van der Waals surface area contributed by atoms with Crippen molar-refractivity contribution in [2.75, 3.05) is 13.1 Å². The lowest BCUT2D eigenvalue weighted by molar-refractivity contribution is -0.385. The Bertz CT molecular complexity index is 1060. The average Bonchev–Trinajstić information content (AvgIpc) is 3.27. The molecule has 1 saturated heterocycles. The first-order valence-corrected chi connectivity index (χ1v) is 10.4. The van der Waals surface area contributed by atoms with E-state index in [2.05, 4.69) is 10.5 Å². The van der Waals surface area contributed by atoms with Gasteiger partial charge in [0.05, 0.1) is 21.1 Å². The van der Waals surface area contributed by atoms with Crippen LogP contribution in [0.1, 0.15) is 35.7 Å². The molecule has 0 radical (unpaired) electrons. The van der Waals surface area contributed by atoms with E-state index in [1.807, 2.05) is 0 Å². The van der Waals surface area contributed by atoms with Crippen molar-refractivity contribution in [1.82, 2.24) is 9.73 Å². The first kappa shape index (κ1) is 20.6. The number of nitrogens with one attached hydrogen (secondary N) is 1. The van der Waals surface area contributed by atoms with Crippen molar-refractivity contribution in [2.45, 2.75) is 24.7 Å². The van der Waals surface area contributed by atoms with E-state index in [4.69, 9.17) is 0 Å². The molecule has 0 atom stereocenters. The molecule has 2 aromatic rings. The summed E-state index contributed by atoms with van der Waals surface area (Å²) in [6.07, 6.45) is 1.69. The highest BCUT2D eigenvalue weighted by Crippen LogP contribution is 2.21. The predicted molar refractivity (Wildman–Crippen MR) is 107 cm³/mol. The number of carbonyl (C=O) groups excluding carboxylic acids is 1. The Morgan fingerprint density at radius 1 is 1.10 bits per heavy atom. The van der Waals surface area contributed by atoms with Crippen LogP contribution in [-0.2, 0) is 10.0 Å². The number of rotatable bonds is 6. The zero-order valence-corrected chi connectivity index (χ0v) is 16.6. The molecule has 0 aromatic heterocycles. The number of nitrogens with zero attached hydrogens (tertiary/aromatic N) is 3. The number of carbonyl (C=O) groups is 1. The van der Waals surface area contributed by atoms with Crippen LogP contribution in [0.4, 0.5) is 5.69 Å². The van der Waals surface area contributed by atoms with Crippen LogP contribution in [0.5, 0.6) is 0 Å². The molecule has 9 nitrogen and oxygen atoms in total. The average molecular weight is 416 g/mol. The van der Waals surface area contributed by atoms with E-state index in [9.17, 15) is 23.3 Å². The lowest BCUT2D eigenvalue weighted by atomic mass is 10.1. The third-order valence-corrected chi connectivity index (χ3v) is 6.55. The van der Waals surface area contributed by atoms with Crippen molar-refractivity contribution in [2.24, 2.45) is 5.10 Å². The summed E-state index contributed by atoms with van der Waals surface area (Å²) in [7, 11) is -3.55. The van der Waals surface area contributed by atoms with Crippen molar-refractivity contribution >= 4 is 27.3 Å². The molecule has 3 rings (SSSR count). The molecule has 1 heterocycles. The molecule has 0 unspecified atom stereocenters. The topological polar surface area (TPSA) is 122 Å². The second kappa shape index (κ2) is 8.50. The summed E-state index contributed by atoms with van der Waals surface area (Å²) in [5.74, 6) is -0.548. The van der Waals surface area contributed by atoms with Gasteiger partial charge in [-0.2, -0.15) is 9.41 Å². The van der Waals surface area contributed by atoms with Crippen LogP contribution < -0.4 is 5.43 Å². The second-order valence-corrected chi connectivity index (χ2v) is 8.49. The van der Waals surface area contributed by atoms with Crippen LogP contribution in [0, 0.1) is 10.1 Å². The third-order valence-electron chi connectivity index (χ3n) is 4.63. The van der Waals surface area contributed by atoms with E-state index in [0.29, 0.717) is 18.7 Å². The quantitative estimate of drug-likeness (QED) is 0.440. The van der Waals surface area contributed by atoms with E-state index < -0.39 is 20.9 Å². The Morgan fingerprint density at radius 3 is 2.34 bits per heavy atom. The van der Waals surface area contributed by atoms with Gasteiger partial charge in [-0.05, 0) is 50.1 Å². The van der Waals surface area contributed by atoms with Crippen molar-refractivity contribution in [3.05, 3.63) is 69.8 Å². The molecule has 29 heavy (non-hydrogen) atoms. The monoisotopic (exact) mass is 416 g/mol. The fourth-order valence-electron chi connectivity index (χ4n) is 3.05. The van der Waals surface area contributed by atoms with Crippen LogP contribution in [0.15, 0.2) is 58.5 Å². The van der Waals surface area contributed by atoms with Gasteiger partial charge in [-0.15, -0.1) is 0 Å². The van der Waals surface area contributed by atoms with Crippen molar-refractivity contribution in [3.63, 3.8) is 0 Å². The summed E-state index contributed by atoms with van der Waals surface area (Å²) in [5.41, 5.74) is 3.03. The Kier molecular flexibility index (Phi) is 6.04.